The Hall–Kier alpha value is -4.14. The van der Waals surface area contributed by atoms with Crippen molar-refractivity contribution in [3.63, 3.8) is 0 Å². The molecular formula is C34H26N6Na2O9S2. The van der Waals surface area contributed by atoms with E-state index in [1.165, 1.54) is 20.3 Å². The van der Waals surface area contributed by atoms with Gasteiger partial charge in [-0.15, -0.1) is 20.5 Å². The third kappa shape index (κ3) is 8.65. The molecule has 0 aliphatic heterocycles. The van der Waals surface area contributed by atoms with Crippen molar-refractivity contribution >= 4 is 75.9 Å². The van der Waals surface area contributed by atoms with E-state index in [-0.39, 0.29) is 81.3 Å². The van der Waals surface area contributed by atoms with Gasteiger partial charge < -0.3 is 30.6 Å². The zero-order valence-corrected chi connectivity index (χ0v) is 34.3. The van der Waals surface area contributed by atoms with E-state index in [2.05, 4.69) is 20.5 Å². The third-order valence-electron chi connectivity index (χ3n) is 7.85. The van der Waals surface area contributed by atoms with Crippen LogP contribution in [0.15, 0.2) is 121 Å². The normalized spacial score (nSPS) is 11.8. The van der Waals surface area contributed by atoms with Crippen LogP contribution in [0.3, 0.4) is 0 Å². The molecule has 53 heavy (non-hydrogen) atoms. The van der Waals surface area contributed by atoms with Gasteiger partial charge in [-0.05, 0) is 76.5 Å². The predicted octanol–water partition coefficient (Wildman–Crippen LogP) is 0.905. The Morgan fingerprint density at radius 1 is 0.660 bits per heavy atom. The first-order valence-electron chi connectivity index (χ1n) is 14.7. The summed E-state index contributed by atoms with van der Waals surface area (Å²) in [6.07, 6.45) is 0. The SMILES string of the molecule is COc1cc(-c2ccc(N=Nc3ccc(N)c4ccccc34)c(OC)c2)ccc1N=Nc1c(S(=O)(=O)O)cc2cc(S(=O)(=O)[O-])cc(N)c2c1[O-].[Na+].[Na+]. The van der Waals surface area contributed by atoms with Crippen molar-refractivity contribution in [2.24, 2.45) is 20.5 Å². The quantitative estimate of drug-likeness (QED) is 0.0806. The second-order valence-electron chi connectivity index (χ2n) is 11.0. The summed E-state index contributed by atoms with van der Waals surface area (Å²) in [7, 11) is -7.25. The van der Waals surface area contributed by atoms with Crippen molar-refractivity contribution < 1.29 is 99.6 Å². The van der Waals surface area contributed by atoms with E-state index >= 15 is 0 Å². The Bertz CT molecular complexity index is 2680. The van der Waals surface area contributed by atoms with Crippen LogP contribution in [-0.2, 0) is 20.2 Å². The van der Waals surface area contributed by atoms with Gasteiger partial charge in [0.1, 0.15) is 37.9 Å². The maximum absolute atomic E-state index is 13.4. The average molecular weight is 773 g/mol. The van der Waals surface area contributed by atoms with Gasteiger partial charge in [-0.3, -0.25) is 4.55 Å². The molecule has 0 aromatic heterocycles. The number of nitrogens with two attached hydrogens (primary N) is 2. The smallest absolute Gasteiger partial charge is 0.870 e. The van der Waals surface area contributed by atoms with Crippen molar-refractivity contribution in [2.75, 3.05) is 25.7 Å². The Balaban J connectivity index is 0.00000314. The molecular weight excluding hydrogens is 747 g/mol. The van der Waals surface area contributed by atoms with Gasteiger partial charge in [0.25, 0.3) is 10.1 Å². The van der Waals surface area contributed by atoms with Gasteiger partial charge in [-0.2, -0.15) is 8.42 Å². The van der Waals surface area contributed by atoms with Crippen molar-refractivity contribution in [3.8, 4) is 28.4 Å². The first-order valence-corrected chi connectivity index (χ1v) is 17.5. The molecule has 0 saturated heterocycles. The molecule has 0 heterocycles. The number of ether oxygens (including phenoxy) is 2. The van der Waals surface area contributed by atoms with Crippen LogP contribution >= 0.6 is 0 Å². The summed E-state index contributed by atoms with van der Waals surface area (Å²) >= 11 is 0. The largest absolute Gasteiger partial charge is 1.00 e. The van der Waals surface area contributed by atoms with Crippen molar-refractivity contribution in [1.29, 1.82) is 0 Å². The number of benzene rings is 6. The van der Waals surface area contributed by atoms with Crippen LogP contribution in [0.4, 0.5) is 34.1 Å². The van der Waals surface area contributed by atoms with Gasteiger partial charge in [0.2, 0.25) is 0 Å². The van der Waals surface area contributed by atoms with Crippen molar-refractivity contribution in [1.82, 2.24) is 0 Å². The molecule has 0 atom stereocenters. The monoisotopic (exact) mass is 772 g/mol. The van der Waals surface area contributed by atoms with E-state index in [1.807, 2.05) is 24.3 Å². The molecule has 0 spiro atoms. The van der Waals surface area contributed by atoms with Gasteiger partial charge in [0.05, 0.1) is 30.5 Å². The fourth-order valence-electron chi connectivity index (χ4n) is 5.40. The van der Waals surface area contributed by atoms with Crippen molar-refractivity contribution in [2.45, 2.75) is 9.79 Å². The minimum Gasteiger partial charge on any atom is -0.870 e. The maximum Gasteiger partial charge on any atom is 1.00 e. The molecule has 0 amide bonds. The fourth-order valence-corrected chi connectivity index (χ4v) is 6.59. The Kier molecular flexibility index (Phi) is 12.9. The van der Waals surface area contributed by atoms with Crippen LogP contribution in [0.1, 0.15) is 0 Å². The van der Waals surface area contributed by atoms with E-state index in [1.54, 1.807) is 42.5 Å². The van der Waals surface area contributed by atoms with Crippen molar-refractivity contribution in [3.05, 3.63) is 91.0 Å². The number of fused-ring (bicyclic) bond motifs is 2. The minimum atomic E-state index is -5.10. The molecule has 0 radical (unpaired) electrons. The molecule has 0 fully saturated rings. The third-order valence-corrected chi connectivity index (χ3v) is 9.53. The van der Waals surface area contributed by atoms with Gasteiger partial charge >= 0.3 is 59.1 Å². The van der Waals surface area contributed by atoms with E-state index in [4.69, 9.17) is 20.9 Å². The van der Waals surface area contributed by atoms with Gasteiger partial charge in [0, 0.05) is 22.1 Å². The summed E-state index contributed by atoms with van der Waals surface area (Å²) in [6.45, 7) is 0. The number of methoxy groups -OCH3 is 2. The van der Waals surface area contributed by atoms with Crippen LogP contribution in [0.2, 0.25) is 0 Å². The summed E-state index contributed by atoms with van der Waals surface area (Å²) in [4.78, 5) is -1.77. The molecule has 6 aromatic carbocycles. The Morgan fingerprint density at radius 2 is 1.19 bits per heavy atom. The van der Waals surface area contributed by atoms with Gasteiger partial charge in [0.15, 0.2) is 0 Å². The summed E-state index contributed by atoms with van der Waals surface area (Å²) in [5, 5.41) is 31.1. The molecule has 0 aliphatic carbocycles. The summed E-state index contributed by atoms with van der Waals surface area (Å²) in [5.41, 5.74) is 13.9. The predicted molar refractivity (Wildman–Crippen MR) is 187 cm³/mol. The van der Waals surface area contributed by atoms with Gasteiger partial charge in [-0.1, -0.05) is 42.1 Å². The maximum atomic E-state index is 13.4. The van der Waals surface area contributed by atoms with Gasteiger partial charge in [-0.25, -0.2) is 8.42 Å². The molecule has 0 aliphatic rings. The van der Waals surface area contributed by atoms with Crippen LogP contribution in [0.25, 0.3) is 32.7 Å². The fraction of sp³-hybridized carbons (Fsp3) is 0.0588. The zero-order valence-electron chi connectivity index (χ0n) is 28.6. The average Bonchev–Trinajstić information content (AvgIpc) is 3.09. The molecule has 0 bridgehead atoms. The van der Waals surface area contributed by atoms with E-state index in [0.717, 1.165) is 29.0 Å². The van der Waals surface area contributed by atoms with E-state index < -0.39 is 47.2 Å². The number of rotatable bonds is 9. The van der Waals surface area contributed by atoms with Crippen LogP contribution < -0.4 is 85.2 Å². The molecule has 19 heteroatoms. The first-order chi connectivity index (χ1) is 24.2. The Morgan fingerprint density at radius 3 is 1.74 bits per heavy atom. The molecule has 15 nitrogen and oxygen atoms in total. The van der Waals surface area contributed by atoms with Crippen LogP contribution in [-0.4, -0.2) is 40.2 Å². The molecule has 0 unspecified atom stereocenters. The number of hydrogen-bond donors (Lipinski definition) is 3. The summed E-state index contributed by atoms with van der Waals surface area (Å²) in [6, 6.07) is 23.5. The number of anilines is 2. The van der Waals surface area contributed by atoms with Crippen LogP contribution in [0.5, 0.6) is 17.2 Å². The number of hydrogen-bond acceptors (Lipinski definition) is 14. The minimum absolute atomic E-state index is 0. The summed E-state index contributed by atoms with van der Waals surface area (Å²) < 4.78 is 80.1. The molecule has 6 rings (SSSR count). The Labute approximate surface area is 347 Å². The molecule has 260 valence electrons. The van der Waals surface area contributed by atoms with Crippen LogP contribution in [0, 0.1) is 0 Å². The number of nitrogens with zero attached hydrogens (tertiary/aromatic N) is 4. The first kappa shape index (κ1) is 41.6. The number of azo groups is 2. The second kappa shape index (κ2) is 16.5. The molecule has 5 N–H and O–H groups in total. The van der Waals surface area contributed by atoms with E-state index in [9.17, 15) is 31.0 Å². The van der Waals surface area contributed by atoms with E-state index in [0.29, 0.717) is 33.9 Å². The standard InChI is InChI=1S/C34H28N6O9S2.2Na/c1-48-29-14-18(7-10-27(29)38-37-26-12-9-24(35)22-5-3-4-6-23(22)26)19-8-11-28(30(15-19)49-2)39-40-33-31(51(45,46)47)16-20-13-21(50(42,43)44)17-25(36)32(20)34(33)41;;/h3-17,41H,35-36H2,1-2H3,(H,42,43,44)(H,45,46,47);;/q;2*+1/p-2. The summed E-state index contributed by atoms with van der Waals surface area (Å²) in [5.74, 6) is -0.476. The number of nitrogen functional groups attached to an aromatic ring is 2. The molecule has 0 saturated carbocycles. The second-order valence-corrected chi connectivity index (χ2v) is 13.8. The molecule has 6 aromatic rings. The zero-order chi connectivity index (χ0) is 36.7. The topological polar surface area (TPSA) is 255 Å².